The van der Waals surface area contributed by atoms with E-state index in [0.717, 1.165) is 12.8 Å². The van der Waals surface area contributed by atoms with Gasteiger partial charge in [0.1, 0.15) is 0 Å². The van der Waals surface area contributed by atoms with Gasteiger partial charge in [-0.25, -0.2) is 8.42 Å². The van der Waals surface area contributed by atoms with E-state index in [1.807, 2.05) is 0 Å². The molecule has 1 atom stereocenters. The van der Waals surface area contributed by atoms with E-state index in [-0.39, 0.29) is 36.4 Å². The van der Waals surface area contributed by atoms with E-state index in [4.69, 9.17) is 0 Å². The van der Waals surface area contributed by atoms with Crippen LogP contribution in [0.4, 0.5) is 0 Å². The summed E-state index contributed by atoms with van der Waals surface area (Å²) in [5.74, 6) is -1.18. The monoisotopic (exact) mass is 303 g/mol. The van der Waals surface area contributed by atoms with E-state index in [2.05, 4.69) is 0 Å². The van der Waals surface area contributed by atoms with Gasteiger partial charge >= 0.3 is 5.97 Å². The second-order valence-electron chi connectivity index (χ2n) is 6.02. The third-order valence-corrected chi connectivity index (χ3v) is 6.29. The zero-order valence-electron chi connectivity index (χ0n) is 11.7. The van der Waals surface area contributed by atoms with Crippen LogP contribution in [-0.4, -0.2) is 54.4 Å². The van der Waals surface area contributed by atoms with Crippen molar-refractivity contribution in [2.75, 3.05) is 18.1 Å². The molecule has 1 heterocycles. The molecule has 1 saturated carbocycles. The number of carboxylic acids is 1. The number of carbonyl (C=O) groups excluding carboxylic acids is 1. The van der Waals surface area contributed by atoms with Gasteiger partial charge in [-0.2, -0.15) is 0 Å². The zero-order valence-corrected chi connectivity index (χ0v) is 12.5. The Balaban J connectivity index is 2.07. The molecule has 0 aromatic heterocycles. The number of nitrogens with zero attached hydrogens (tertiary/aromatic N) is 1. The van der Waals surface area contributed by atoms with Gasteiger partial charge in [0.05, 0.1) is 16.9 Å². The fraction of sp³-hybridized carbons (Fsp3) is 0.846. The lowest BCUT2D eigenvalue weighted by molar-refractivity contribution is -0.153. The van der Waals surface area contributed by atoms with Gasteiger partial charge in [0.2, 0.25) is 5.91 Å². The van der Waals surface area contributed by atoms with Gasteiger partial charge in [-0.3, -0.25) is 9.59 Å². The normalized spacial score (nSPS) is 28.2. The Bertz CT molecular complexity index is 507. The van der Waals surface area contributed by atoms with Gasteiger partial charge in [0.25, 0.3) is 0 Å². The first-order valence-electron chi connectivity index (χ1n) is 6.99. The summed E-state index contributed by atoms with van der Waals surface area (Å²) in [7, 11) is -3.07. The van der Waals surface area contributed by atoms with Crippen LogP contribution in [0, 0.1) is 5.41 Å². The predicted molar refractivity (Wildman–Crippen MR) is 73.0 cm³/mol. The largest absolute Gasteiger partial charge is 0.481 e. The highest BCUT2D eigenvalue weighted by molar-refractivity contribution is 7.91. The van der Waals surface area contributed by atoms with E-state index in [1.54, 1.807) is 6.92 Å². The van der Waals surface area contributed by atoms with Gasteiger partial charge in [0, 0.05) is 19.0 Å². The number of carboxylic acid groups (broad SMARTS) is 1. The summed E-state index contributed by atoms with van der Waals surface area (Å²) in [6, 6.07) is -0.367. The summed E-state index contributed by atoms with van der Waals surface area (Å²) in [6.45, 7) is 1.88. The molecule has 0 radical (unpaired) electrons. The lowest BCUT2D eigenvalue weighted by atomic mass is 9.82. The standard InChI is InChI=1S/C13H21NO5S/c1-10-9-20(18,19)7-6-14(10)11(15)8-13(12(16)17)4-2-3-5-13/h10H,2-9H2,1H3,(H,16,17). The molecule has 1 unspecified atom stereocenters. The Kier molecular flexibility index (Phi) is 4.09. The molecule has 114 valence electrons. The second-order valence-corrected chi connectivity index (χ2v) is 8.25. The second kappa shape index (κ2) is 5.35. The predicted octanol–water partition coefficient (Wildman–Crippen LogP) is 0.667. The molecule has 0 bridgehead atoms. The quantitative estimate of drug-likeness (QED) is 0.827. The fourth-order valence-corrected chi connectivity index (χ4v) is 4.83. The van der Waals surface area contributed by atoms with Crippen molar-refractivity contribution in [3.05, 3.63) is 0 Å². The first kappa shape index (κ1) is 15.3. The zero-order chi connectivity index (χ0) is 15.0. The van der Waals surface area contributed by atoms with Crippen LogP contribution in [0.25, 0.3) is 0 Å². The highest BCUT2D eigenvalue weighted by Crippen LogP contribution is 2.42. The van der Waals surface area contributed by atoms with Crippen LogP contribution in [0.2, 0.25) is 0 Å². The van der Waals surface area contributed by atoms with Crippen molar-refractivity contribution in [3.8, 4) is 0 Å². The molecule has 1 saturated heterocycles. The third kappa shape index (κ3) is 2.97. The maximum Gasteiger partial charge on any atom is 0.310 e. The first-order chi connectivity index (χ1) is 9.26. The average molecular weight is 303 g/mol. The lowest BCUT2D eigenvalue weighted by Crippen LogP contribution is -2.51. The lowest BCUT2D eigenvalue weighted by Gasteiger charge is -2.35. The summed E-state index contributed by atoms with van der Waals surface area (Å²) < 4.78 is 23.0. The van der Waals surface area contributed by atoms with Crippen molar-refractivity contribution < 1.29 is 23.1 Å². The maximum absolute atomic E-state index is 12.4. The molecule has 0 spiro atoms. The number of sulfone groups is 1. The molecular formula is C13H21NO5S. The summed E-state index contributed by atoms with van der Waals surface area (Å²) in [6.07, 6.45) is 2.74. The minimum Gasteiger partial charge on any atom is -0.481 e. The highest BCUT2D eigenvalue weighted by atomic mass is 32.2. The molecule has 1 aliphatic carbocycles. The average Bonchev–Trinajstić information content (AvgIpc) is 2.77. The maximum atomic E-state index is 12.4. The topological polar surface area (TPSA) is 91.8 Å². The summed E-state index contributed by atoms with van der Waals surface area (Å²) in [4.78, 5) is 25.3. The van der Waals surface area contributed by atoms with Gasteiger partial charge in [-0.1, -0.05) is 12.8 Å². The minimum absolute atomic E-state index is 0.00722. The van der Waals surface area contributed by atoms with Crippen LogP contribution in [0.3, 0.4) is 0 Å². The first-order valence-corrected chi connectivity index (χ1v) is 8.81. The molecule has 6 nitrogen and oxygen atoms in total. The number of hydrogen-bond donors (Lipinski definition) is 1. The van der Waals surface area contributed by atoms with Crippen LogP contribution >= 0.6 is 0 Å². The number of aliphatic carboxylic acids is 1. The molecule has 0 aromatic rings. The Morgan fingerprint density at radius 3 is 2.40 bits per heavy atom. The molecular weight excluding hydrogens is 282 g/mol. The van der Waals surface area contributed by atoms with Crippen molar-refractivity contribution >= 4 is 21.7 Å². The Morgan fingerprint density at radius 1 is 1.30 bits per heavy atom. The molecule has 7 heteroatoms. The van der Waals surface area contributed by atoms with Crippen molar-refractivity contribution in [3.63, 3.8) is 0 Å². The van der Waals surface area contributed by atoms with Crippen molar-refractivity contribution in [1.29, 1.82) is 0 Å². The summed E-state index contributed by atoms with van der Waals surface area (Å²) in [5.41, 5.74) is -0.937. The SMILES string of the molecule is CC1CS(=O)(=O)CCN1C(=O)CC1(C(=O)O)CCCC1. The molecule has 1 amide bonds. The van der Waals surface area contributed by atoms with Crippen LogP contribution in [-0.2, 0) is 19.4 Å². The molecule has 2 aliphatic rings. The van der Waals surface area contributed by atoms with E-state index in [9.17, 15) is 23.1 Å². The fourth-order valence-electron chi connectivity index (χ4n) is 3.28. The van der Waals surface area contributed by atoms with E-state index in [1.165, 1.54) is 4.90 Å². The van der Waals surface area contributed by atoms with Gasteiger partial charge < -0.3 is 10.0 Å². The molecule has 2 rings (SSSR count). The minimum atomic E-state index is -3.07. The molecule has 1 aliphatic heterocycles. The summed E-state index contributed by atoms with van der Waals surface area (Å²) >= 11 is 0. The number of rotatable bonds is 3. The Hall–Kier alpha value is -1.11. The summed E-state index contributed by atoms with van der Waals surface area (Å²) in [5, 5.41) is 9.39. The van der Waals surface area contributed by atoms with Gasteiger partial charge in [-0.15, -0.1) is 0 Å². The van der Waals surface area contributed by atoms with Crippen molar-refractivity contribution in [1.82, 2.24) is 4.90 Å². The third-order valence-electron chi connectivity index (χ3n) is 4.49. The molecule has 0 aromatic carbocycles. The van der Waals surface area contributed by atoms with E-state index in [0.29, 0.717) is 12.8 Å². The Morgan fingerprint density at radius 2 is 1.90 bits per heavy atom. The molecule has 20 heavy (non-hydrogen) atoms. The molecule has 2 fully saturated rings. The number of carbonyl (C=O) groups is 2. The van der Waals surface area contributed by atoms with Crippen LogP contribution < -0.4 is 0 Å². The smallest absolute Gasteiger partial charge is 0.310 e. The van der Waals surface area contributed by atoms with Gasteiger partial charge in [-0.05, 0) is 19.8 Å². The van der Waals surface area contributed by atoms with Crippen molar-refractivity contribution in [2.45, 2.75) is 45.1 Å². The van der Waals surface area contributed by atoms with E-state index < -0.39 is 21.2 Å². The van der Waals surface area contributed by atoms with Crippen molar-refractivity contribution in [2.24, 2.45) is 5.41 Å². The Labute approximate surface area is 119 Å². The number of amides is 1. The van der Waals surface area contributed by atoms with Crippen LogP contribution in [0.5, 0.6) is 0 Å². The van der Waals surface area contributed by atoms with E-state index >= 15 is 0 Å². The number of hydrogen-bond acceptors (Lipinski definition) is 4. The highest BCUT2D eigenvalue weighted by Gasteiger charge is 2.44. The van der Waals surface area contributed by atoms with Gasteiger partial charge in [0.15, 0.2) is 9.84 Å². The van der Waals surface area contributed by atoms with Crippen LogP contribution in [0.15, 0.2) is 0 Å². The molecule has 1 N–H and O–H groups in total. The van der Waals surface area contributed by atoms with Crippen LogP contribution in [0.1, 0.15) is 39.0 Å².